The Hall–Kier alpha value is -0.690. The number of hydrogen-bond acceptors (Lipinski definition) is 3. The first-order chi connectivity index (χ1) is 10.6. The van der Waals surface area contributed by atoms with Gasteiger partial charge in [0.25, 0.3) is 0 Å². The predicted octanol–water partition coefficient (Wildman–Crippen LogP) is 3.37. The first kappa shape index (κ1) is 16.2. The molecule has 2 aliphatic rings. The van der Waals surface area contributed by atoms with Gasteiger partial charge in [-0.1, -0.05) is 12.1 Å². The van der Waals surface area contributed by atoms with Gasteiger partial charge in [0.2, 0.25) is 0 Å². The maximum Gasteiger partial charge on any atom is 0.311 e. The molecule has 5 heteroatoms. The summed E-state index contributed by atoms with van der Waals surface area (Å²) < 4.78 is 18.7. The van der Waals surface area contributed by atoms with E-state index in [1.165, 1.54) is 9.13 Å². The lowest BCUT2D eigenvalue weighted by atomic mass is 9.76. The van der Waals surface area contributed by atoms with Gasteiger partial charge in [0, 0.05) is 21.6 Å². The zero-order chi connectivity index (χ0) is 15.7. The molecule has 0 aromatic heterocycles. The van der Waals surface area contributed by atoms with Crippen LogP contribution in [0.4, 0.5) is 4.39 Å². The molecular formula is C17H21FINO2. The Morgan fingerprint density at radius 3 is 2.77 bits per heavy atom. The Labute approximate surface area is 144 Å². The average molecular weight is 417 g/mol. The Morgan fingerprint density at radius 1 is 1.36 bits per heavy atom. The summed E-state index contributed by atoms with van der Waals surface area (Å²) in [6.07, 6.45) is 3.13. The number of ether oxygens (including phenoxy) is 1. The third-order valence-electron chi connectivity index (χ3n) is 5.16. The minimum Gasteiger partial charge on any atom is -0.463 e. The van der Waals surface area contributed by atoms with Gasteiger partial charge in [-0.2, -0.15) is 0 Å². The minimum absolute atomic E-state index is 0.130. The standard InChI is InChI=1S/C17H21FINO2/c1-20-13-6-7-15(20)16(17(21)22-9-8-18)14(10-13)11-2-4-12(19)5-3-11/h2-5,13-16H,6-10H2,1H3/t13-,14+,15+,16?/m0/s1. The quantitative estimate of drug-likeness (QED) is 0.556. The number of fused-ring (bicyclic) bond motifs is 2. The molecule has 2 saturated heterocycles. The van der Waals surface area contributed by atoms with E-state index in [1.54, 1.807) is 0 Å². The van der Waals surface area contributed by atoms with E-state index in [1.807, 2.05) is 0 Å². The van der Waals surface area contributed by atoms with Crippen LogP contribution in [0.1, 0.15) is 30.7 Å². The van der Waals surface area contributed by atoms with Gasteiger partial charge in [0.05, 0.1) is 5.92 Å². The molecule has 3 rings (SSSR count). The minimum atomic E-state index is -0.615. The fourth-order valence-corrected chi connectivity index (χ4v) is 4.44. The first-order valence-electron chi connectivity index (χ1n) is 7.82. The molecule has 2 fully saturated rings. The molecule has 2 bridgehead atoms. The van der Waals surface area contributed by atoms with Crippen molar-refractivity contribution in [2.45, 2.75) is 37.3 Å². The number of carbonyl (C=O) groups is 1. The molecule has 0 aliphatic carbocycles. The molecule has 1 unspecified atom stereocenters. The lowest BCUT2D eigenvalue weighted by molar-refractivity contribution is -0.153. The molecule has 4 atom stereocenters. The number of benzene rings is 1. The summed E-state index contributed by atoms with van der Waals surface area (Å²) in [5.74, 6) is -0.244. The molecule has 0 radical (unpaired) electrons. The van der Waals surface area contributed by atoms with Crippen LogP contribution in [0.15, 0.2) is 24.3 Å². The van der Waals surface area contributed by atoms with Gasteiger partial charge < -0.3 is 4.74 Å². The largest absolute Gasteiger partial charge is 0.463 e. The molecule has 1 aromatic rings. The van der Waals surface area contributed by atoms with Crippen LogP contribution >= 0.6 is 22.6 Å². The second kappa shape index (κ2) is 6.83. The van der Waals surface area contributed by atoms with Crippen molar-refractivity contribution in [1.82, 2.24) is 4.90 Å². The number of esters is 1. The van der Waals surface area contributed by atoms with E-state index in [4.69, 9.17) is 4.74 Å². The molecule has 120 valence electrons. The number of piperidine rings is 1. The molecule has 22 heavy (non-hydrogen) atoms. The van der Waals surface area contributed by atoms with Gasteiger partial charge >= 0.3 is 5.97 Å². The molecule has 1 aromatic carbocycles. The fourth-order valence-electron chi connectivity index (χ4n) is 4.08. The number of halogens is 2. The highest BCUT2D eigenvalue weighted by Crippen LogP contribution is 2.46. The van der Waals surface area contributed by atoms with E-state index in [9.17, 15) is 9.18 Å². The van der Waals surface area contributed by atoms with Crippen LogP contribution in [0, 0.1) is 9.49 Å². The number of alkyl halides is 1. The van der Waals surface area contributed by atoms with Crippen molar-refractivity contribution in [3.63, 3.8) is 0 Å². The first-order valence-corrected chi connectivity index (χ1v) is 8.89. The van der Waals surface area contributed by atoms with Gasteiger partial charge in [-0.15, -0.1) is 0 Å². The smallest absolute Gasteiger partial charge is 0.311 e. The van der Waals surface area contributed by atoms with E-state index in [2.05, 4.69) is 58.8 Å². The molecule has 0 amide bonds. The highest BCUT2D eigenvalue weighted by atomic mass is 127. The topological polar surface area (TPSA) is 29.5 Å². The normalized spacial score (nSPS) is 31.2. The number of hydrogen-bond donors (Lipinski definition) is 0. The Kier molecular flexibility index (Phi) is 5.02. The molecule has 2 aliphatic heterocycles. The number of carbonyl (C=O) groups excluding carboxylic acids is 1. The van der Waals surface area contributed by atoms with Crippen LogP contribution in [-0.2, 0) is 9.53 Å². The summed E-state index contributed by atoms with van der Waals surface area (Å²) in [7, 11) is 2.10. The average Bonchev–Trinajstić information content (AvgIpc) is 2.75. The summed E-state index contributed by atoms with van der Waals surface area (Å²) in [5, 5.41) is 0. The van der Waals surface area contributed by atoms with E-state index in [0.29, 0.717) is 6.04 Å². The van der Waals surface area contributed by atoms with E-state index < -0.39 is 6.67 Å². The Bertz CT molecular complexity index is 536. The van der Waals surface area contributed by atoms with Gasteiger partial charge in [0.15, 0.2) is 0 Å². The zero-order valence-electron chi connectivity index (χ0n) is 12.7. The van der Waals surface area contributed by atoms with Gasteiger partial charge in [-0.05, 0) is 66.6 Å². The van der Waals surface area contributed by atoms with Crippen molar-refractivity contribution < 1.29 is 13.9 Å². The van der Waals surface area contributed by atoms with Crippen molar-refractivity contribution in [3.8, 4) is 0 Å². The maximum atomic E-state index is 12.5. The van der Waals surface area contributed by atoms with Gasteiger partial charge in [0.1, 0.15) is 13.3 Å². The van der Waals surface area contributed by atoms with Crippen molar-refractivity contribution in [2.75, 3.05) is 20.3 Å². The second-order valence-corrected chi connectivity index (χ2v) is 7.49. The van der Waals surface area contributed by atoms with E-state index in [-0.39, 0.29) is 30.5 Å². The number of nitrogens with zero attached hydrogens (tertiary/aromatic N) is 1. The summed E-state index contributed by atoms with van der Waals surface area (Å²) in [6.45, 7) is -0.746. The number of rotatable bonds is 4. The summed E-state index contributed by atoms with van der Waals surface area (Å²) in [5.41, 5.74) is 1.20. The molecule has 0 N–H and O–H groups in total. The van der Waals surface area contributed by atoms with Crippen molar-refractivity contribution >= 4 is 28.6 Å². The third-order valence-corrected chi connectivity index (χ3v) is 5.88. The Balaban J connectivity index is 1.88. The molecule has 2 heterocycles. The molecule has 0 saturated carbocycles. The third kappa shape index (κ3) is 3.02. The van der Waals surface area contributed by atoms with Crippen molar-refractivity contribution in [3.05, 3.63) is 33.4 Å². The maximum absolute atomic E-state index is 12.5. The van der Waals surface area contributed by atoms with E-state index in [0.717, 1.165) is 19.3 Å². The molecule has 3 nitrogen and oxygen atoms in total. The van der Waals surface area contributed by atoms with Crippen LogP contribution < -0.4 is 0 Å². The highest BCUT2D eigenvalue weighted by molar-refractivity contribution is 14.1. The summed E-state index contributed by atoms with van der Waals surface area (Å²) in [4.78, 5) is 14.8. The lowest BCUT2D eigenvalue weighted by Gasteiger charge is -2.41. The Morgan fingerprint density at radius 2 is 2.09 bits per heavy atom. The second-order valence-electron chi connectivity index (χ2n) is 6.24. The van der Waals surface area contributed by atoms with Crippen LogP contribution in [0.5, 0.6) is 0 Å². The van der Waals surface area contributed by atoms with Gasteiger partial charge in [-0.25, -0.2) is 4.39 Å². The van der Waals surface area contributed by atoms with E-state index >= 15 is 0 Å². The lowest BCUT2D eigenvalue weighted by Crippen LogP contribution is -2.49. The van der Waals surface area contributed by atoms with Crippen LogP contribution in [0.25, 0.3) is 0 Å². The summed E-state index contributed by atoms with van der Waals surface area (Å²) in [6, 6.07) is 9.16. The van der Waals surface area contributed by atoms with Crippen LogP contribution in [-0.4, -0.2) is 43.3 Å². The SMILES string of the molecule is CN1[C@H]2CC[C@@H]1C(C(=O)OCCF)[C@@H](c1ccc(I)cc1)C2. The van der Waals surface area contributed by atoms with Crippen molar-refractivity contribution in [1.29, 1.82) is 0 Å². The van der Waals surface area contributed by atoms with Crippen molar-refractivity contribution in [2.24, 2.45) is 5.92 Å². The van der Waals surface area contributed by atoms with Crippen LogP contribution in [0.3, 0.4) is 0 Å². The van der Waals surface area contributed by atoms with Crippen LogP contribution in [0.2, 0.25) is 0 Å². The summed E-state index contributed by atoms with van der Waals surface area (Å²) >= 11 is 2.29. The predicted molar refractivity (Wildman–Crippen MR) is 91.5 cm³/mol. The zero-order valence-corrected chi connectivity index (χ0v) is 14.8. The monoisotopic (exact) mass is 417 g/mol. The fraction of sp³-hybridized carbons (Fsp3) is 0.588. The highest BCUT2D eigenvalue weighted by Gasteiger charge is 2.49. The van der Waals surface area contributed by atoms with Gasteiger partial charge in [-0.3, -0.25) is 9.69 Å². The molecular weight excluding hydrogens is 396 g/mol. The molecule has 0 spiro atoms.